The second-order valence-electron chi connectivity index (χ2n) is 8.01. The van der Waals surface area contributed by atoms with Crippen LogP contribution in [0.3, 0.4) is 0 Å². The molecule has 24 heavy (non-hydrogen) atoms. The van der Waals surface area contributed by atoms with Gasteiger partial charge in [-0.05, 0) is 51.9 Å². The maximum atomic E-state index is 13.3. The minimum absolute atomic E-state index is 0.0486. The fourth-order valence-corrected chi connectivity index (χ4v) is 4.42. The molecule has 2 aliphatic rings. The third kappa shape index (κ3) is 2.62. The third-order valence-electron chi connectivity index (χ3n) is 5.21. The van der Waals surface area contributed by atoms with E-state index in [1.807, 2.05) is 20.8 Å². The number of methoxy groups -OCH3 is 1. The molecule has 6 nitrogen and oxygen atoms in total. The molecule has 0 heterocycles. The second kappa shape index (κ2) is 5.90. The van der Waals surface area contributed by atoms with E-state index in [-0.39, 0.29) is 23.7 Å². The van der Waals surface area contributed by atoms with Gasteiger partial charge in [0, 0.05) is 12.5 Å². The van der Waals surface area contributed by atoms with Crippen molar-refractivity contribution >= 4 is 17.8 Å². The minimum atomic E-state index is -1.29. The van der Waals surface area contributed by atoms with Crippen LogP contribution in [0.4, 0.5) is 0 Å². The van der Waals surface area contributed by atoms with Gasteiger partial charge >= 0.3 is 5.97 Å². The summed E-state index contributed by atoms with van der Waals surface area (Å²) in [6, 6.07) is 0. The minimum Gasteiger partial charge on any atom is -0.469 e. The molecule has 2 N–H and O–H groups in total. The zero-order valence-corrected chi connectivity index (χ0v) is 15.2. The average molecular weight is 336 g/mol. The summed E-state index contributed by atoms with van der Waals surface area (Å²) in [6.45, 7) is 10.8. The second-order valence-corrected chi connectivity index (χ2v) is 8.01. The number of fused-ring (bicyclic) bond motifs is 1. The number of carbonyl (C=O) groups is 3. The first-order chi connectivity index (χ1) is 11.0. The van der Waals surface area contributed by atoms with Crippen molar-refractivity contribution in [3.05, 3.63) is 12.7 Å². The summed E-state index contributed by atoms with van der Waals surface area (Å²) >= 11 is 0. The van der Waals surface area contributed by atoms with Crippen molar-refractivity contribution in [1.29, 1.82) is 0 Å². The standard InChI is InChI=1S/C18H28N2O4/c1-7-8-12-9-13-10-17(13,15(23)24-6)18(12,19-11(2)21)14(22)20-16(3,4)5/h7,12-13H,1,8-10H2,2-6H3,(H,19,21)(H,20,22)/t12-,13-,17+,18+/m1/s1. The van der Waals surface area contributed by atoms with Crippen LogP contribution < -0.4 is 10.6 Å². The number of hydrogen-bond donors (Lipinski definition) is 2. The van der Waals surface area contributed by atoms with Crippen LogP contribution in [-0.4, -0.2) is 36.0 Å². The molecule has 0 aliphatic heterocycles. The lowest BCUT2D eigenvalue weighted by atomic mass is 9.72. The largest absolute Gasteiger partial charge is 0.469 e. The van der Waals surface area contributed by atoms with Gasteiger partial charge in [-0.15, -0.1) is 6.58 Å². The Morgan fingerprint density at radius 2 is 1.96 bits per heavy atom. The van der Waals surface area contributed by atoms with Crippen LogP contribution in [0.15, 0.2) is 12.7 Å². The Hall–Kier alpha value is -1.85. The maximum absolute atomic E-state index is 13.3. The molecule has 0 aromatic carbocycles. The molecule has 2 amide bonds. The van der Waals surface area contributed by atoms with Gasteiger partial charge in [-0.25, -0.2) is 0 Å². The normalized spacial score (nSPS) is 34.0. The van der Waals surface area contributed by atoms with Crippen LogP contribution in [0.25, 0.3) is 0 Å². The quantitative estimate of drug-likeness (QED) is 0.589. The number of esters is 1. The SMILES string of the molecule is C=CC[C@@H]1C[C@@H]2C[C@]2(C(=O)OC)[C@@]1(NC(C)=O)C(=O)NC(C)(C)C. The monoisotopic (exact) mass is 336 g/mol. The number of allylic oxidation sites excluding steroid dienone is 1. The molecular formula is C18H28N2O4. The number of hydrogen-bond acceptors (Lipinski definition) is 4. The highest BCUT2D eigenvalue weighted by molar-refractivity contribution is 6.01. The molecule has 4 atom stereocenters. The number of carbonyl (C=O) groups excluding carboxylic acids is 3. The molecular weight excluding hydrogens is 308 g/mol. The first-order valence-electron chi connectivity index (χ1n) is 8.36. The summed E-state index contributed by atoms with van der Waals surface area (Å²) in [6.07, 6.45) is 3.54. The maximum Gasteiger partial charge on any atom is 0.315 e. The first-order valence-corrected chi connectivity index (χ1v) is 8.36. The molecule has 0 aromatic heterocycles. The summed E-state index contributed by atoms with van der Waals surface area (Å²) in [4.78, 5) is 37.9. The predicted molar refractivity (Wildman–Crippen MR) is 89.9 cm³/mol. The Morgan fingerprint density at radius 3 is 2.42 bits per heavy atom. The summed E-state index contributed by atoms with van der Waals surface area (Å²) in [7, 11) is 1.33. The Morgan fingerprint density at radius 1 is 1.33 bits per heavy atom. The lowest BCUT2D eigenvalue weighted by Crippen LogP contribution is -2.69. The van der Waals surface area contributed by atoms with Gasteiger partial charge in [-0.2, -0.15) is 0 Å². The van der Waals surface area contributed by atoms with Crippen molar-refractivity contribution in [3.8, 4) is 0 Å². The van der Waals surface area contributed by atoms with E-state index in [0.717, 1.165) is 0 Å². The lowest BCUT2D eigenvalue weighted by molar-refractivity contribution is -0.157. The van der Waals surface area contributed by atoms with Crippen molar-refractivity contribution in [3.63, 3.8) is 0 Å². The molecule has 2 saturated carbocycles. The Kier molecular flexibility index (Phi) is 4.55. The third-order valence-corrected chi connectivity index (χ3v) is 5.21. The zero-order chi connectivity index (χ0) is 18.3. The van der Waals surface area contributed by atoms with Gasteiger partial charge in [-0.1, -0.05) is 6.08 Å². The molecule has 0 spiro atoms. The Labute approximate surface area is 143 Å². The molecule has 0 radical (unpaired) electrons. The highest BCUT2D eigenvalue weighted by Crippen LogP contribution is 2.71. The molecule has 6 heteroatoms. The fourth-order valence-electron chi connectivity index (χ4n) is 4.42. The number of ether oxygens (including phenoxy) is 1. The number of amides is 2. The Bertz CT molecular complexity index is 580. The number of nitrogens with one attached hydrogen (secondary N) is 2. The van der Waals surface area contributed by atoms with Gasteiger partial charge in [0.05, 0.1) is 7.11 Å². The van der Waals surface area contributed by atoms with Gasteiger partial charge in [0.2, 0.25) is 11.8 Å². The topological polar surface area (TPSA) is 84.5 Å². The van der Waals surface area contributed by atoms with Crippen LogP contribution in [0.5, 0.6) is 0 Å². The van der Waals surface area contributed by atoms with E-state index in [1.54, 1.807) is 6.08 Å². The summed E-state index contributed by atoms with van der Waals surface area (Å²) < 4.78 is 5.03. The molecule has 2 fully saturated rings. The van der Waals surface area contributed by atoms with Crippen LogP contribution in [0, 0.1) is 17.3 Å². The van der Waals surface area contributed by atoms with Crippen molar-refractivity contribution < 1.29 is 19.1 Å². The van der Waals surface area contributed by atoms with Crippen LogP contribution >= 0.6 is 0 Å². The molecule has 0 unspecified atom stereocenters. The van der Waals surface area contributed by atoms with Crippen molar-refractivity contribution in [2.75, 3.05) is 7.11 Å². The van der Waals surface area contributed by atoms with E-state index < -0.39 is 22.5 Å². The van der Waals surface area contributed by atoms with E-state index in [4.69, 9.17) is 4.74 Å². The molecule has 2 rings (SSSR count). The summed E-state index contributed by atoms with van der Waals surface area (Å²) in [5.41, 5.74) is -2.75. The van der Waals surface area contributed by atoms with Crippen molar-refractivity contribution in [2.45, 2.75) is 58.0 Å². The summed E-state index contributed by atoms with van der Waals surface area (Å²) in [5, 5.41) is 5.82. The average Bonchev–Trinajstić information content (AvgIpc) is 3.10. The highest BCUT2D eigenvalue weighted by atomic mass is 16.5. The van der Waals surface area contributed by atoms with Gasteiger partial charge in [-0.3, -0.25) is 14.4 Å². The summed E-state index contributed by atoms with van der Waals surface area (Å²) in [5.74, 6) is -1.20. The fraction of sp³-hybridized carbons (Fsp3) is 0.722. The van der Waals surface area contributed by atoms with Crippen LogP contribution in [0.2, 0.25) is 0 Å². The first kappa shape index (κ1) is 18.5. The zero-order valence-electron chi connectivity index (χ0n) is 15.2. The van der Waals surface area contributed by atoms with Crippen LogP contribution in [-0.2, 0) is 19.1 Å². The van der Waals surface area contributed by atoms with E-state index in [1.165, 1.54) is 14.0 Å². The smallest absolute Gasteiger partial charge is 0.315 e. The lowest BCUT2D eigenvalue weighted by Gasteiger charge is -2.42. The van der Waals surface area contributed by atoms with Gasteiger partial charge in [0.15, 0.2) is 0 Å². The van der Waals surface area contributed by atoms with Crippen LogP contribution in [0.1, 0.15) is 47.0 Å². The van der Waals surface area contributed by atoms with E-state index in [0.29, 0.717) is 19.3 Å². The molecule has 0 bridgehead atoms. The Balaban J connectivity index is 2.56. The molecule has 0 aromatic rings. The van der Waals surface area contributed by atoms with E-state index >= 15 is 0 Å². The predicted octanol–water partition coefficient (Wildman–Crippen LogP) is 1.55. The van der Waals surface area contributed by atoms with E-state index in [2.05, 4.69) is 17.2 Å². The molecule has 134 valence electrons. The van der Waals surface area contributed by atoms with Crippen molar-refractivity contribution in [1.82, 2.24) is 10.6 Å². The highest BCUT2D eigenvalue weighted by Gasteiger charge is 2.81. The molecule has 0 saturated heterocycles. The van der Waals surface area contributed by atoms with Gasteiger partial charge < -0.3 is 15.4 Å². The number of rotatable bonds is 5. The van der Waals surface area contributed by atoms with Crippen molar-refractivity contribution in [2.24, 2.45) is 17.3 Å². The van der Waals surface area contributed by atoms with Gasteiger partial charge in [0.1, 0.15) is 11.0 Å². The molecule has 2 aliphatic carbocycles. The van der Waals surface area contributed by atoms with Gasteiger partial charge in [0.25, 0.3) is 0 Å². The van der Waals surface area contributed by atoms with E-state index in [9.17, 15) is 14.4 Å².